The molecular weight excluding hydrogens is 265 g/mol. The Balaban J connectivity index is 2.73. The lowest BCUT2D eigenvalue weighted by Crippen LogP contribution is -2.06. The molecule has 0 spiro atoms. The summed E-state index contributed by atoms with van der Waals surface area (Å²) in [7, 11) is 0. The summed E-state index contributed by atoms with van der Waals surface area (Å²) in [6.07, 6.45) is -0.710. The molecule has 1 aromatic heterocycles. The third kappa shape index (κ3) is 2.39. The second kappa shape index (κ2) is 3.46. The lowest BCUT2D eigenvalue weighted by Gasteiger charge is -1.97. The van der Waals surface area contributed by atoms with Crippen LogP contribution in [0, 0.1) is 10.6 Å². The van der Waals surface area contributed by atoms with E-state index in [2.05, 4.69) is 5.10 Å². The highest BCUT2D eigenvalue weighted by Gasteiger charge is 2.06. The number of halogens is 3. The van der Waals surface area contributed by atoms with Gasteiger partial charge in [0.15, 0.2) is 0 Å². The first-order valence-corrected chi connectivity index (χ1v) is 4.15. The first kappa shape index (κ1) is 8.89. The Morgan fingerprint density at radius 2 is 2.36 bits per heavy atom. The summed E-state index contributed by atoms with van der Waals surface area (Å²) in [5.41, 5.74) is 0.936. The van der Waals surface area contributed by atoms with Gasteiger partial charge in [-0.1, -0.05) is 0 Å². The van der Waals surface area contributed by atoms with E-state index in [1.165, 1.54) is 4.68 Å². The maximum atomic E-state index is 11.8. The van der Waals surface area contributed by atoms with Gasteiger partial charge < -0.3 is 0 Å². The fourth-order valence-corrected chi connectivity index (χ4v) is 1.15. The van der Waals surface area contributed by atoms with Crippen LogP contribution in [-0.2, 0) is 6.54 Å². The molecule has 1 rings (SSSR count). The van der Waals surface area contributed by atoms with E-state index >= 15 is 0 Å². The van der Waals surface area contributed by atoms with Gasteiger partial charge in [0.2, 0.25) is 0 Å². The van der Waals surface area contributed by atoms with Crippen LogP contribution in [0.2, 0.25) is 0 Å². The number of aryl methyl sites for hydroxylation is 1. The second-order valence-corrected chi connectivity index (χ2v) is 3.24. The SMILES string of the molecule is Cc1cn(CC(F)F)nc1I. The summed E-state index contributed by atoms with van der Waals surface area (Å²) >= 11 is 2.02. The van der Waals surface area contributed by atoms with E-state index in [-0.39, 0.29) is 6.54 Å². The number of nitrogens with zero attached hydrogens (tertiary/aromatic N) is 2. The maximum Gasteiger partial charge on any atom is 0.257 e. The predicted molar refractivity (Wildman–Crippen MR) is 45.7 cm³/mol. The molecule has 0 fully saturated rings. The molecule has 1 aromatic rings. The number of hydrogen-bond acceptors (Lipinski definition) is 1. The summed E-state index contributed by atoms with van der Waals surface area (Å²) in [6.45, 7) is 1.53. The smallest absolute Gasteiger partial charge is 0.257 e. The average molecular weight is 272 g/mol. The third-order valence-corrected chi connectivity index (χ3v) is 2.28. The molecule has 0 aliphatic rings. The van der Waals surface area contributed by atoms with Gasteiger partial charge in [0.25, 0.3) is 6.43 Å². The molecule has 1 heterocycles. The van der Waals surface area contributed by atoms with Crippen LogP contribution in [0.1, 0.15) is 5.56 Å². The molecule has 5 heteroatoms. The Labute approximate surface area is 76.7 Å². The number of hydrogen-bond donors (Lipinski definition) is 0. The summed E-state index contributed by atoms with van der Waals surface area (Å²) in [4.78, 5) is 0. The lowest BCUT2D eigenvalue weighted by atomic mass is 10.4. The zero-order chi connectivity index (χ0) is 8.43. The van der Waals surface area contributed by atoms with Crippen molar-refractivity contribution in [3.05, 3.63) is 15.5 Å². The van der Waals surface area contributed by atoms with Crippen molar-refractivity contribution >= 4 is 22.6 Å². The molecule has 0 saturated carbocycles. The molecule has 0 N–H and O–H groups in total. The number of aromatic nitrogens is 2. The van der Waals surface area contributed by atoms with Gasteiger partial charge in [-0.15, -0.1) is 0 Å². The number of rotatable bonds is 2. The van der Waals surface area contributed by atoms with Crippen LogP contribution in [-0.4, -0.2) is 16.2 Å². The fraction of sp³-hybridized carbons (Fsp3) is 0.500. The van der Waals surface area contributed by atoms with Gasteiger partial charge in [-0.05, 0) is 29.5 Å². The van der Waals surface area contributed by atoms with Crippen molar-refractivity contribution in [2.45, 2.75) is 19.9 Å². The zero-order valence-electron chi connectivity index (χ0n) is 5.89. The normalized spacial score (nSPS) is 11.0. The van der Waals surface area contributed by atoms with E-state index in [1.807, 2.05) is 29.5 Å². The van der Waals surface area contributed by atoms with Crippen LogP contribution in [0.3, 0.4) is 0 Å². The Bertz CT molecular complexity index is 227. The van der Waals surface area contributed by atoms with Crippen LogP contribution >= 0.6 is 22.6 Å². The molecule has 0 amide bonds. The molecule has 0 aromatic carbocycles. The van der Waals surface area contributed by atoms with E-state index in [9.17, 15) is 8.78 Å². The molecule has 0 unspecified atom stereocenters. The molecule has 0 radical (unpaired) electrons. The number of alkyl halides is 2. The van der Waals surface area contributed by atoms with Crippen molar-refractivity contribution in [3.8, 4) is 0 Å². The molecule has 0 aliphatic carbocycles. The Hall–Kier alpha value is -0.200. The second-order valence-electron chi connectivity index (χ2n) is 2.22. The van der Waals surface area contributed by atoms with Crippen molar-refractivity contribution in [2.75, 3.05) is 0 Å². The lowest BCUT2D eigenvalue weighted by molar-refractivity contribution is 0.121. The molecular formula is C6H7F2IN2. The molecule has 62 valence electrons. The average Bonchev–Trinajstić information content (AvgIpc) is 2.10. The Kier molecular flexibility index (Phi) is 2.80. The monoisotopic (exact) mass is 272 g/mol. The summed E-state index contributed by atoms with van der Waals surface area (Å²) in [5, 5.41) is 3.87. The molecule has 0 saturated heterocycles. The highest BCUT2D eigenvalue weighted by atomic mass is 127. The van der Waals surface area contributed by atoms with E-state index in [1.54, 1.807) is 6.20 Å². The molecule has 11 heavy (non-hydrogen) atoms. The van der Waals surface area contributed by atoms with Gasteiger partial charge in [-0.2, -0.15) is 5.10 Å². The van der Waals surface area contributed by atoms with Crippen LogP contribution in [0.15, 0.2) is 6.20 Å². The minimum atomic E-state index is -2.33. The summed E-state index contributed by atoms with van der Waals surface area (Å²) in [6, 6.07) is 0. The van der Waals surface area contributed by atoms with Crippen LogP contribution in [0.25, 0.3) is 0 Å². The first-order chi connectivity index (χ1) is 5.09. The third-order valence-electron chi connectivity index (χ3n) is 1.21. The van der Waals surface area contributed by atoms with Crippen molar-refractivity contribution in [2.24, 2.45) is 0 Å². The van der Waals surface area contributed by atoms with Crippen molar-refractivity contribution < 1.29 is 8.78 Å². The van der Waals surface area contributed by atoms with Gasteiger partial charge in [0.1, 0.15) is 10.2 Å². The minimum absolute atomic E-state index is 0.316. The fourth-order valence-electron chi connectivity index (χ4n) is 0.732. The molecule has 0 aliphatic heterocycles. The highest BCUT2D eigenvalue weighted by Crippen LogP contribution is 2.08. The van der Waals surface area contributed by atoms with E-state index < -0.39 is 6.43 Å². The van der Waals surface area contributed by atoms with Crippen LogP contribution < -0.4 is 0 Å². The van der Waals surface area contributed by atoms with Gasteiger partial charge in [-0.3, -0.25) is 4.68 Å². The van der Waals surface area contributed by atoms with Crippen LogP contribution in [0.5, 0.6) is 0 Å². The summed E-state index contributed by atoms with van der Waals surface area (Å²) < 4.78 is 25.6. The van der Waals surface area contributed by atoms with E-state index in [4.69, 9.17) is 0 Å². The highest BCUT2D eigenvalue weighted by molar-refractivity contribution is 14.1. The molecule has 2 nitrogen and oxygen atoms in total. The van der Waals surface area contributed by atoms with Gasteiger partial charge in [0, 0.05) is 11.8 Å². The largest absolute Gasteiger partial charge is 0.266 e. The quantitative estimate of drug-likeness (QED) is 0.753. The van der Waals surface area contributed by atoms with Crippen molar-refractivity contribution in [1.29, 1.82) is 0 Å². The Morgan fingerprint density at radius 1 is 1.73 bits per heavy atom. The van der Waals surface area contributed by atoms with E-state index in [0.29, 0.717) is 0 Å². The van der Waals surface area contributed by atoms with Crippen molar-refractivity contribution in [3.63, 3.8) is 0 Å². The van der Waals surface area contributed by atoms with Crippen molar-refractivity contribution in [1.82, 2.24) is 9.78 Å². The minimum Gasteiger partial charge on any atom is -0.266 e. The standard InChI is InChI=1S/C6H7F2IN2/c1-4-2-11(3-5(7)8)10-6(4)9/h2,5H,3H2,1H3. The maximum absolute atomic E-state index is 11.8. The molecule has 0 atom stereocenters. The van der Waals surface area contributed by atoms with E-state index in [0.717, 1.165) is 9.26 Å². The predicted octanol–water partition coefficient (Wildman–Crippen LogP) is 2.06. The van der Waals surface area contributed by atoms with Crippen LogP contribution in [0.4, 0.5) is 8.78 Å². The zero-order valence-corrected chi connectivity index (χ0v) is 8.05. The Morgan fingerprint density at radius 3 is 2.73 bits per heavy atom. The van der Waals surface area contributed by atoms with Gasteiger partial charge >= 0.3 is 0 Å². The van der Waals surface area contributed by atoms with Gasteiger partial charge in [-0.25, -0.2) is 8.78 Å². The topological polar surface area (TPSA) is 17.8 Å². The van der Waals surface area contributed by atoms with Gasteiger partial charge in [0.05, 0.1) is 0 Å². The summed E-state index contributed by atoms with van der Waals surface area (Å²) in [5.74, 6) is 0. The molecule has 0 bridgehead atoms. The first-order valence-electron chi connectivity index (χ1n) is 3.07.